The number of carbonyl (C=O) groups is 1. The lowest BCUT2D eigenvalue weighted by molar-refractivity contribution is -0.142. The summed E-state index contributed by atoms with van der Waals surface area (Å²) in [5.41, 5.74) is 1.13. The van der Waals surface area contributed by atoms with E-state index < -0.39 is 6.10 Å². The van der Waals surface area contributed by atoms with Crippen LogP contribution in [0.5, 0.6) is 5.75 Å². The van der Waals surface area contributed by atoms with Crippen LogP contribution in [0.3, 0.4) is 0 Å². The molecule has 1 fully saturated rings. The van der Waals surface area contributed by atoms with Crippen molar-refractivity contribution in [2.24, 2.45) is 0 Å². The number of nitrogens with zero attached hydrogens (tertiary/aromatic N) is 1. The average Bonchev–Trinajstić information content (AvgIpc) is 2.47. The van der Waals surface area contributed by atoms with Gasteiger partial charge in [-0.25, -0.2) is 0 Å². The molecule has 0 unspecified atom stereocenters. The minimum Gasteiger partial charge on any atom is -0.481 e. The van der Waals surface area contributed by atoms with Crippen LogP contribution in [-0.4, -0.2) is 43.2 Å². The van der Waals surface area contributed by atoms with Gasteiger partial charge >= 0.3 is 0 Å². The topological polar surface area (TPSA) is 38.8 Å². The predicted molar refractivity (Wildman–Crippen MR) is 78.0 cm³/mol. The van der Waals surface area contributed by atoms with Crippen molar-refractivity contribution >= 4 is 5.91 Å². The molecule has 1 amide bonds. The molecule has 1 saturated heterocycles. The molecular formula is C16H23NO3. The Morgan fingerprint density at radius 2 is 1.85 bits per heavy atom. The van der Waals surface area contributed by atoms with Crippen LogP contribution in [0.15, 0.2) is 24.3 Å². The van der Waals surface area contributed by atoms with Crippen molar-refractivity contribution in [2.45, 2.75) is 32.8 Å². The fourth-order valence-electron chi connectivity index (χ4n) is 2.35. The molecule has 110 valence electrons. The molecule has 0 spiro atoms. The second kappa shape index (κ2) is 6.75. The van der Waals surface area contributed by atoms with Gasteiger partial charge in [0, 0.05) is 13.1 Å². The number of benzene rings is 1. The molecule has 4 heteroatoms. The summed E-state index contributed by atoms with van der Waals surface area (Å²) in [6.45, 7) is 8.58. The monoisotopic (exact) mass is 277 g/mol. The lowest BCUT2D eigenvalue weighted by Gasteiger charge is -2.29. The van der Waals surface area contributed by atoms with Crippen molar-refractivity contribution in [3.63, 3.8) is 0 Å². The quantitative estimate of drug-likeness (QED) is 0.848. The maximum absolute atomic E-state index is 12.3. The van der Waals surface area contributed by atoms with E-state index in [-0.39, 0.29) is 5.91 Å². The minimum atomic E-state index is -0.465. The maximum atomic E-state index is 12.3. The lowest BCUT2D eigenvalue weighted by Crippen LogP contribution is -2.46. The zero-order valence-corrected chi connectivity index (χ0v) is 12.5. The van der Waals surface area contributed by atoms with Crippen LogP contribution in [0.25, 0.3) is 0 Å². The summed E-state index contributed by atoms with van der Waals surface area (Å²) in [4.78, 5) is 14.1. The first-order chi connectivity index (χ1) is 9.59. The van der Waals surface area contributed by atoms with Gasteiger partial charge in [-0.15, -0.1) is 0 Å². The number of hydrogen-bond donors (Lipinski definition) is 0. The van der Waals surface area contributed by atoms with Crippen LogP contribution < -0.4 is 4.74 Å². The van der Waals surface area contributed by atoms with E-state index in [9.17, 15) is 4.79 Å². The molecule has 4 nitrogen and oxygen atoms in total. The van der Waals surface area contributed by atoms with Gasteiger partial charge in [0.2, 0.25) is 0 Å². The molecule has 0 saturated carbocycles. The van der Waals surface area contributed by atoms with Crippen molar-refractivity contribution in [3.05, 3.63) is 29.8 Å². The molecule has 0 aliphatic carbocycles. The van der Waals surface area contributed by atoms with Gasteiger partial charge < -0.3 is 14.4 Å². The Bertz CT molecular complexity index is 453. The van der Waals surface area contributed by atoms with E-state index >= 15 is 0 Å². The number of para-hydroxylation sites is 1. The van der Waals surface area contributed by atoms with Crippen molar-refractivity contribution in [1.82, 2.24) is 4.90 Å². The van der Waals surface area contributed by atoms with E-state index in [1.165, 1.54) is 0 Å². The van der Waals surface area contributed by atoms with Crippen LogP contribution in [0, 0.1) is 0 Å². The second-order valence-corrected chi connectivity index (χ2v) is 5.39. The summed E-state index contributed by atoms with van der Waals surface area (Å²) >= 11 is 0. The van der Waals surface area contributed by atoms with Gasteiger partial charge in [0.15, 0.2) is 6.10 Å². The Morgan fingerprint density at radius 1 is 1.20 bits per heavy atom. The molecule has 0 aromatic heterocycles. The first-order valence-corrected chi connectivity index (χ1v) is 7.21. The number of amides is 1. The van der Waals surface area contributed by atoms with Gasteiger partial charge in [-0.2, -0.15) is 0 Å². The summed E-state index contributed by atoms with van der Waals surface area (Å²) < 4.78 is 11.2. The average molecular weight is 277 g/mol. The summed E-state index contributed by atoms with van der Waals surface area (Å²) in [7, 11) is 0. The molecule has 1 atom stereocenters. The van der Waals surface area contributed by atoms with Gasteiger partial charge in [-0.1, -0.05) is 32.0 Å². The largest absolute Gasteiger partial charge is 0.481 e. The van der Waals surface area contributed by atoms with E-state index in [0.717, 1.165) is 11.3 Å². The highest BCUT2D eigenvalue weighted by molar-refractivity contribution is 5.81. The van der Waals surface area contributed by atoms with Gasteiger partial charge in [-0.3, -0.25) is 4.79 Å². The van der Waals surface area contributed by atoms with E-state index in [1.807, 2.05) is 36.1 Å². The first-order valence-electron chi connectivity index (χ1n) is 7.21. The molecule has 1 aromatic carbocycles. The highest BCUT2D eigenvalue weighted by Gasteiger charge is 2.24. The summed E-state index contributed by atoms with van der Waals surface area (Å²) in [5, 5.41) is 0. The third-order valence-electron chi connectivity index (χ3n) is 3.52. The van der Waals surface area contributed by atoms with Crippen LogP contribution in [0.4, 0.5) is 0 Å². The van der Waals surface area contributed by atoms with E-state index in [1.54, 1.807) is 0 Å². The maximum Gasteiger partial charge on any atom is 0.263 e. The van der Waals surface area contributed by atoms with Crippen molar-refractivity contribution in [1.29, 1.82) is 0 Å². The molecule has 1 heterocycles. The molecule has 1 aliphatic heterocycles. The number of ether oxygens (including phenoxy) is 2. The van der Waals surface area contributed by atoms with Crippen molar-refractivity contribution in [3.8, 4) is 5.75 Å². The number of carbonyl (C=O) groups excluding carboxylic acids is 1. The number of morpholine rings is 1. The second-order valence-electron chi connectivity index (χ2n) is 5.39. The lowest BCUT2D eigenvalue weighted by atomic mass is 10.0. The molecule has 20 heavy (non-hydrogen) atoms. The van der Waals surface area contributed by atoms with Crippen LogP contribution in [0.2, 0.25) is 0 Å². The van der Waals surface area contributed by atoms with Crippen LogP contribution in [-0.2, 0) is 9.53 Å². The van der Waals surface area contributed by atoms with Crippen LogP contribution >= 0.6 is 0 Å². The minimum absolute atomic E-state index is 0.0341. The standard InChI is InChI=1S/C16H23NO3/c1-12(2)14-6-4-5-7-15(14)20-13(3)16(18)17-8-10-19-11-9-17/h4-7,12-13H,8-11H2,1-3H3/t13-/m1/s1. The Labute approximate surface area is 120 Å². The summed E-state index contributed by atoms with van der Waals surface area (Å²) in [5.74, 6) is 1.21. The molecular weight excluding hydrogens is 254 g/mol. The van der Waals surface area contributed by atoms with Gasteiger partial charge in [0.25, 0.3) is 5.91 Å². The highest BCUT2D eigenvalue weighted by Crippen LogP contribution is 2.26. The Balaban J connectivity index is 2.03. The van der Waals surface area contributed by atoms with E-state index in [4.69, 9.17) is 9.47 Å². The molecule has 0 N–H and O–H groups in total. The number of hydrogen-bond acceptors (Lipinski definition) is 3. The first kappa shape index (κ1) is 14.9. The highest BCUT2D eigenvalue weighted by atomic mass is 16.5. The molecule has 1 aromatic rings. The normalized spacial score (nSPS) is 17.1. The number of rotatable bonds is 4. The molecule has 2 rings (SSSR count). The third kappa shape index (κ3) is 3.51. The van der Waals surface area contributed by atoms with Crippen molar-refractivity contribution in [2.75, 3.05) is 26.3 Å². The molecule has 1 aliphatic rings. The SMILES string of the molecule is CC(C)c1ccccc1O[C@H](C)C(=O)N1CCOCC1. The fourth-order valence-corrected chi connectivity index (χ4v) is 2.35. The fraction of sp³-hybridized carbons (Fsp3) is 0.562. The van der Waals surface area contributed by atoms with Gasteiger partial charge in [0.05, 0.1) is 13.2 Å². The van der Waals surface area contributed by atoms with Gasteiger partial charge in [0.1, 0.15) is 5.75 Å². The summed E-state index contributed by atoms with van der Waals surface area (Å²) in [6, 6.07) is 7.91. The smallest absolute Gasteiger partial charge is 0.263 e. The Hall–Kier alpha value is -1.55. The van der Waals surface area contributed by atoms with E-state index in [2.05, 4.69) is 13.8 Å². The third-order valence-corrected chi connectivity index (χ3v) is 3.52. The van der Waals surface area contributed by atoms with Crippen molar-refractivity contribution < 1.29 is 14.3 Å². The van der Waals surface area contributed by atoms with Gasteiger partial charge in [-0.05, 0) is 24.5 Å². The summed E-state index contributed by atoms with van der Waals surface area (Å²) in [6.07, 6.45) is -0.465. The zero-order chi connectivity index (χ0) is 14.5. The molecule has 0 radical (unpaired) electrons. The zero-order valence-electron chi connectivity index (χ0n) is 12.5. The molecule has 0 bridgehead atoms. The Morgan fingerprint density at radius 3 is 2.50 bits per heavy atom. The van der Waals surface area contributed by atoms with Crippen LogP contribution in [0.1, 0.15) is 32.3 Å². The van der Waals surface area contributed by atoms with E-state index in [0.29, 0.717) is 32.2 Å². The Kier molecular flexibility index (Phi) is 5.01. The predicted octanol–water partition coefficient (Wildman–Crippen LogP) is 2.44.